The second-order valence-corrected chi connectivity index (χ2v) is 5.01. The Balaban J connectivity index is 0.00000220. The number of piperidine rings is 1. The van der Waals surface area contributed by atoms with Crippen molar-refractivity contribution in [3.8, 4) is 5.75 Å². The Labute approximate surface area is 164 Å². The normalized spacial score (nSPS) is 16.4. The van der Waals surface area contributed by atoms with Gasteiger partial charge in [-0.2, -0.15) is 0 Å². The summed E-state index contributed by atoms with van der Waals surface area (Å²) in [6, 6.07) is 2.36. The molecule has 1 heterocycles. The predicted octanol–water partition coefficient (Wildman–Crippen LogP) is -0.251. The third-order valence-electron chi connectivity index (χ3n) is 3.44. The SMILES string of the molecule is Fc1ccc([B-](F)(F)F)c(OCCN2CCCCC2)c1.[K+]. The van der Waals surface area contributed by atoms with Crippen molar-refractivity contribution >= 4 is 12.4 Å². The molecular weight excluding hydrogens is 312 g/mol. The first-order valence-electron chi connectivity index (χ1n) is 6.81. The van der Waals surface area contributed by atoms with E-state index in [-0.39, 0.29) is 58.0 Å². The van der Waals surface area contributed by atoms with Crippen molar-refractivity contribution in [2.45, 2.75) is 19.3 Å². The van der Waals surface area contributed by atoms with Gasteiger partial charge in [0.1, 0.15) is 12.4 Å². The number of nitrogens with zero attached hydrogens (tertiary/aromatic N) is 1. The summed E-state index contributed by atoms with van der Waals surface area (Å²) in [5, 5.41) is 0. The van der Waals surface area contributed by atoms with Crippen molar-refractivity contribution in [2.75, 3.05) is 26.2 Å². The molecule has 2 nitrogen and oxygen atoms in total. The average Bonchev–Trinajstić information content (AvgIpc) is 2.38. The second-order valence-electron chi connectivity index (χ2n) is 5.01. The van der Waals surface area contributed by atoms with Crippen LogP contribution in [0.5, 0.6) is 5.75 Å². The van der Waals surface area contributed by atoms with Gasteiger partial charge < -0.3 is 17.7 Å². The van der Waals surface area contributed by atoms with E-state index in [0.29, 0.717) is 6.54 Å². The van der Waals surface area contributed by atoms with E-state index < -0.39 is 24.0 Å². The Kier molecular flexibility index (Phi) is 8.23. The summed E-state index contributed by atoms with van der Waals surface area (Å²) in [5.41, 5.74) is -0.870. The van der Waals surface area contributed by atoms with Crippen LogP contribution >= 0.6 is 0 Å². The van der Waals surface area contributed by atoms with Gasteiger partial charge in [0, 0.05) is 12.6 Å². The number of rotatable bonds is 5. The number of likely N-dealkylation sites (tertiary alicyclic amines) is 1. The average molecular weight is 329 g/mol. The molecule has 0 N–H and O–H groups in total. The molecule has 21 heavy (non-hydrogen) atoms. The molecule has 1 aliphatic heterocycles. The number of hydrogen-bond donors (Lipinski definition) is 0. The van der Waals surface area contributed by atoms with E-state index >= 15 is 0 Å². The molecule has 0 atom stereocenters. The van der Waals surface area contributed by atoms with Gasteiger partial charge in [0.15, 0.2) is 0 Å². The summed E-state index contributed by atoms with van der Waals surface area (Å²) in [5.74, 6) is -1.13. The first-order chi connectivity index (χ1) is 9.47. The molecule has 0 unspecified atom stereocenters. The van der Waals surface area contributed by atoms with Crippen LogP contribution in [-0.4, -0.2) is 38.1 Å². The van der Waals surface area contributed by atoms with E-state index in [0.717, 1.165) is 44.1 Å². The van der Waals surface area contributed by atoms with Crippen molar-refractivity contribution in [3.05, 3.63) is 24.0 Å². The Hall–Kier alpha value is 0.401. The van der Waals surface area contributed by atoms with E-state index in [1.807, 2.05) is 0 Å². The number of benzene rings is 1. The van der Waals surface area contributed by atoms with E-state index in [2.05, 4.69) is 4.90 Å². The fourth-order valence-electron chi connectivity index (χ4n) is 2.37. The topological polar surface area (TPSA) is 12.5 Å². The van der Waals surface area contributed by atoms with Crippen LogP contribution in [-0.2, 0) is 0 Å². The van der Waals surface area contributed by atoms with Gasteiger partial charge >= 0.3 is 58.4 Å². The van der Waals surface area contributed by atoms with E-state index in [9.17, 15) is 17.3 Å². The fraction of sp³-hybridized carbons (Fsp3) is 0.538. The predicted molar refractivity (Wildman–Crippen MR) is 70.9 cm³/mol. The summed E-state index contributed by atoms with van der Waals surface area (Å²) in [7, 11) is 0. The summed E-state index contributed by atoms with van der Waals surface area (Å²) in [6.07, 6.45) is 3.41. The smallest absolute Gasteiger partial charge is 0.495 e. The van der Waals surface area contributed by atoms with Crippen molar-refractivity contribution in [2.24, 2.45) is 0 Å². The van der Waals surface area contributed by atoms with Crippen LogP contribution in [0.15, 0.2) is 18.2 Å². The van der Waals surface area contributed by atoms with E-state index in [1.165, 1.54) is 6.42 Å². The van der Waals surface area contributed by atoms with Crippen LogP contribution in [0, 0.1) is 5.82 Å². The summed E-state index contributed by atoms with van der Waals surface area (Å²) < 4.78 is 56.7. The fourth-order valence-corrected chi connectivity index (χ4v) is 2.37. The zero-order chi connectivity index (χ0) is 14.6. The van der Waals surface area contributed by atoms with Crippen molar-refractivity contribution < 1.29 is 73.5 Å². The zero-order valence-electron chi connectivity index (χ0n) is 12.1. The number of hydrogen-bond acceptors (Lipinski definition) is 2. The maximum Gasteiger partial charge on any atom is 1.00 e. The van der Waals surface area contributed by atoms with Crippen LogP contribution in [0.1, 0.15) is 19.3 Å². The molecule has 8 heteroatoms. The molecule has 1 fully saturated rings. The zero-order valence-corrected chi connectivity index (χ0v) is 15.2. The van der Waals surface area contributed by atoms with Gasteiger partial charge in [-0.1, -0.05) is 17.9 Å². The maximum absolute atomic E-state index is 13.1. The standard InChI is InChI=1S/C13H17BF4NO.K/c15-11-4-5-12(14(16,17)18)13(10-11)20-9-8-19-6-2-1-3-7-19;/h4-5,10H,1-3,6-9H2;/q-1;+1. The van der Waals surface area contributed by atoms with Gasteiger partial charge in [0.2, 0.25) is 0 Å². The molecule has 1 aliphatic rings. The first-order valence-corrected chi connectivity index (χ1v) is 6.81. The minimum Gasteiger partial charge on any atom is -0.495 e. The summed E-state index contributed by atoms with van der Waals surface area (Å²) in [6.45, 7) is -2.59. The van der Waals surface area contributed by atoms with Gasteiger partial charge in [-0.25, -0.2) is 4.39 Å². The van der Waals surface area contributed by atoms with E-state index in [4.69, 9.17) is 4.74 Å². The number of ether oxygens (including phenoxy) is 1. The second kappa shape index (κ2) is 8.88. The first kappa shape index (κ1) is 19.4. The molecule has 2 rings (SSSR count). The summed E-state index contributed by atoms with van der Waals surface area (Å²) >= 11 is 0. The molecule has 112 valence electrons. The molecule has 0 bridgehead atoms. The van der Waals surface area contributed by atoms with Gasteiger partial charge in [0.05, 0.1) is 5.75 Å². The molecule has 0 aliphatic carbocycles. The Morgan fingerprint density at radius 3 is 2.38 bits per heavy atom. The molecule has 0 radical (unpaired) electrons. The largest absolute Gasteiger partial charge is 1.00 e. The minimum absolute atomic E-state index is 0. The summed E-state index contributed by atoms with van der Waals surface area (Å²) in [4.78, 5) is 2.15. The number of halogens is 4. The molecule has 0 spiro atoms. The molecule has 0 aromatic heterocycles. The van der Waals surface area contributed by atoms with E-state index in [1.54, 1.807) is 0 Å². The third kappa shape index (κ3) is 6.19. The maximum atomic E-state index is 13.1. The molecule has 0 saturated carbocycles. The van der Waals surface area contributed by atoms with Crippen molar-refractivity contribution in [1.82, 2.24) is 4.90 Å². The quantitative estimate of drug-likeness (QED) is 0.546. The van der Waals surface area contributed by atoms with Crippen LogP contribution in [0.25, 0.3) is 0 Å². The van der Waals surface area contributed by atoms with Crippen molar-refractivity contribution in [3.63, 3.8) is 0 Å². The van der Waals surface area contributed by atoms with Gasteiger partial charge in [-0.15, -0.1) is 0 Å². The van der Waals surface area contributed by atoms with Crippen LogP contribution in [0.2, 0.25) is 0 Å². The van der Waals surface area contributed by atoms with Gasteiger partial charge in [-0.05, 0) is 32.0 Å². The van der Waals surface area contributed by atoms with Crippen LogP contribution in [0.4, 0.5) is 17.3 Å². The van der Waals surface area contributed by atoms with Crippen LogP contribution in [0.3, 0.4) is 0 Å². The molecule has 0 amide bonds. The molecule has 1 saturated heterocycles. The van der Waals surface area contributed by atoms with Gasteiger partial charge in [-0.3, -0.25) is 4.90 Å². The molecular formula is C13H17BF4KNO. The Bertz CT molecular complexity index is 452. The Morgan fingerprint density at radius 1 is 1.10 bits per heavy atom. The molecule has 1 aromatic rings. The monoisotopic (exact) mass is 329 g/mol. The Morgan fingerprint density at radius 2 is 1.76 bits per heavy atom. The molecule has 1 aromatic carbocycles. The van der Waals surface area contributed by atoms with Gasteiger partial charge in [0.25, 0.3) is 0 Å². The van der Waals surface area contributed by atoms with Crippen molar-refractivity contribution in [1.29, 1.82) is 0 Å². The van der Waals surface area contributed by atoms with Crippen LogP contribution < -0.4 is 61.6 Å². The minimum atomic E-state index is -5.19. The third-order valence-corrected chi connectivity index (χ3v) is 3.44.